The van der Waals surface area contributed by atoms with E-state index in [0.717, 1.165) is 0 Å². The number of rotatable bonds is 0. The summed E-state index contributed by atoms with van der Waals surface area (Å²) in [5, 5.41) is 0. The molecule has 4 nitrogen and oxygen atoms in total. The van der Waals surface area contributed by atoms with Gasteiger partial charge in [0, 0.05) is 0 Å². The van der Waals surface area contributed by atoms with Crippen LogP contribution in [0.2, 0.25) is 0 Å². The monoisotopic (exact) mass is 355 g/mol. The average molecular weight is 355 g/mol. The second-order valence-electron chi connectivity index (χ2n) is 0.447. The van der Waals surface area contributed by atoms with Crippen LogP contribution in [0.4, 0.5) is 0 Å². The molecule has 0 N–H and O–H groups in total. The standard InChI is InChI=1S/3Mn.2O2PS/c;;;2*1-3(2)4/q3*+2;2*-3. The van der Waals surface area contributed by atoms with Crippen LogP contribution in [0.1, 0.15) is 0 Å². The summed E-state index contributed by atoms with van der Waals surface area (Å²) in [5.41, 5.74) is 0. The third-order valence-corrected chi connectivity index (χ3v) is 0. The Morgan fingerprint density at radius 1 is 0.636 bits per heavy atom. The van der Waals surface area contributed by atoms with Gasteiger partial charge in [-0.15, -0.1) is 0 Å². The molecule has 0 unspecified atom stereocenters. The van der Waals surface area contributed by atoms with Crippen molar-refractivity contribution < 1.29 is 70.8 Å². The molecule has 0 aromatic carbocycles. The normalized spacial score (nSPS) is 6.55. The SMILES string of the molecule is [Mn+2].[Mn+2].[Mn+2].[O-]P([O-])[S-].[O-]P([O-])[S-]. The molecule has 0 atom stereocenters. The zero-order valence-corrected chi connectivity index (χ0v) is 11.4. The molecule has 11 heavy (non-hydrogen) atoms. The third kappa shape index (κ3) is 178. The Kier molecular flexibility index (Phi) is 61.3. The van der Waals surface area contributed by atoms with Crippen LogP contribution in [-0.4, -0.2) is 0 Å². The summed E-state index contributed by atoms with van der Waals surface area (Å²) in [7, 11) is -5.07. The molecular weight excluding hydrogens is 355 g/mol. The van der Waals surface area contributed by atoms with E-state index in [2.05, 4.69) is 24.5 Å². The van der Waals surface area contributed by atoms with E-state index in [9.17, 15) is 0 Å². The van der Waals surface area contributed by atoms with Gasteiger partial charge in [-0.05, 0) is 0 Å². The first-order valence-corrected chi connectivity index (χ1v) is 5.48. The van der Waals surface area contributed by atoms with Gasteiger partial charge in [0.25, 0.3) is 0 Å². The molecule has 0 saturated carbocycles. The first-order chi connectivity index (χ1) is 3.46. The van der Waals surface area contributed by atoms with Crippen molar-refractivity contribution in [2.75, 3.05) is 0 Å². The smallest absolute Gasteiger partial charge is 0.860 e. The quantitative estimate of drug-likeness (QED) is 0.261. The van der Waals surface area contributed by atoms with Gasteiger partial charge in [-0.25, -0.2) is 0 Å². The van der Waals surface area contributed by atoms with Gasteiger partial charge in [0.15, 0.2) is 0 Å². The first kappa shape index (κ1) is 29.2. The van der Waals surface area contributed by atoms with Gasteiger partial charge in [-0.3, -0.25) is 0 Å². The largest absolute Gasteiger partial charge is 2.00 e. The zero-order chi connectivity index (χ0) is 7.15. The topological polar surface area (TPSA) is 92.2 Å². The van der Waals surface area contributed by atoms with Crippen molar-refractivity contribution in [1.82, 2.24) is 0 Å². The molecule has 0 bridgehead atoms. The van der Waals surface area contributed by atoms with Crippen molar-refractivity contribution in [3.05, 3.63) is 0 Å². The van der Waals surface area contributed by atoms with Crippen LogP contribution in [0.25, 0.3) is 0 Å². The summed E-state index contributed by atoms with van der Waals surface area (Å²) in [6.07, 6.45) is 0. The van der Waals surface area contributed by atoms with E-state index in [4.69, 9.17) is 19.6 Å². The molecule has 0 amide bonds. The Bertz CT molecular complexity index is 36.8. The predicted molar refractivity (Wildman–Crippen MR) is 28.6 cm³/mol. The molecule has 0 aliphatic rings. The van der Waals surface area contributed by atoms with E-state index in [0.29, 0.717) is 0 Å². The fraction of sp³-hybridized carbons (Fsp3) is 0. The molecule has 0 aliphatic heterocycles. The fourth-order valence-corrected chi connectivity index (χ4v) is 0. The summed E-state index contributed by atoms with van der Waals surface area (Å²) in [6, 6.07) is 0. The van der Waals surface area contributed by atoms with Crippen molar-refractivity contribution in [1.29, 1.82) is 0 Å². The Labute approximate surface area is 109 Å². The van der Waals surface area contributed by atoms with Crippen LogP contribution in [0.3, 0.4) is 0 Å². The Hall–Kier alpha value is 2.96. The molecule has 0 spiro atoms. The van der Waals surface area contributed by atoms with E-state index in [1.807, 2.05) is 0 Å². The van der Waals surface area contributed by atoms with Crippen LogP contribution in [0.15, 0.2) is 0 Å². The maximum Gasteiger partial charge on any atom is 2.00 e. The molecule has 11 heteroatoms. The van der Waals surface area contributed by atoms with Gasteiger partial charge in [0.05, 0.1) is 0 Å². The second-order valence-corrected chi connectivity index (χ2v) is 3.13. The van der Waals surface area contributed by atoms with Gasteiger partial charge in [-0.1, -0.05) is 0 Å². The van der Waals surface area contributed by atoms with Crippen molar-refractivity contribution in [2.45, 2.75) is 0 Å². The number of hydrogen-bond donors (Lipinski definition) is 0. The minimum atomic E-state index is -2.54. The average Bonchev–Trinajstić information content (AvgIpc) is 1.25. The van der Waals surface area contributed by atoms with E-state index < -0.39 is 15.2 Å². The minimum Gasteiger partial charge on any atom is -0.860 e. The van der Waals surface area contributed by atoms with Gasteiger partial charge in [-0.2, -0.15) is 0 Å². The molecule has 67 valence electrons. The summed E-state index contributed by atoms with van der Waals surface area (Å²) in [4.78, 5) is 35.4. The van der Waals surface area contributed by atoms with E-state index in [-0.39, 0.29) is 51.2 Å². The summed E-state index contributed by atoms with van der Waals surface area (Å²) in [5.74, 6) is 0. The van der Waals surface area contributed by atoms with Gasteiger partial charge < -0.3 is 59.2 Å². The Morgan fingerprint density at radius 3 is 0.636 bits per heavy atom. The van der Waals surface area contributed by atoms with Crippen LogP contribution in [0, 0.1) is 0 Å². The molecule has 0 saturated heterocycles. The molecule has 3 radical (unpaired) electrons. The maximum absolute atomic E-state index is 8.85. The Morgan fingerprint density at radius 2 is 0.636 bits per heavy atom. The third-order valence-electron chi connectivity index (χ3n) is 0. The van der Waals surface area contributed by atoms with Crippen LogP contribution in [-0.2, 0) is 75.7 Å². The van der Waals surface area contributed by atoms with Crippen LogP contribution < -0.4 is 19.6 Å². The van der Waals surface area contributed by atoms with Crippen LogP contribution in [0.5, 0.6) is 0 Å². The van der Waals surface area contributed by atoms with Crippen LogP contribution >= 0.6 is 15.2 Å². The molecule has 0 rings (SSSR count). The molecule has 0 aliphatic carbocycles. The Balaban J connectivity index is -0.0000000171. The van der Waals surface area contributed by atoms with E-state index in [1.165, 1.54) is 0 Å². The van der Waals surface area contributed by atoms with Crippen molar-refractivity contribution in [3.63, 3.8) is 0 Å². The predicted octanol–water partition coefficient (Wildman–Crippen LogP) is -3.05. The van der Waals surface area contributed by atoms with Crippen molar-refractivity contribution in [3.8, 4) is 0 Å². The maximum atomic E-state index is 8.85. The molecular formula is Mn3O4P2S2. The molecule has 0 fully saturated rings. The molecule has 0 heterocycles. The zero-order valence-electron chi connectivity index (χ0n) is 4.48. The second kappa shape index (κ2) is 23.1. The van der Waals surface area contributed by atoms with Gasteiger partial charge >= 0.3 is 51.2 Å². The van der Waals surface area contributed by atoms with E-state index >= 15 is 0 Å². The first-order valence-electron chi connectivity index (χ1n) is 1.10. The van der Waals surface area contributed by atoms with E-state index in [1.54, 1.807) is 0 Å². The molecule has 0 aromatic heterocycles. The fourth-order valence-electron chi connectivity index (χ4n) is 0. The molecule has 0 aromatic rings. The summed E-state index contributed by atoms with van der Waals surface area (Å²) >= 11 is 7.15. The number of hydrogen-bond acceptors (Lipinski definition) is 6. The van der Waals surface area contributed by atoms with Gasteiger partial charge in [0.1, 0.15) is 0 Å². The summed E-state index contributed by atoms with van der Waals surface area (Å²) in [6.45, 7) is 0. The summed E-state index contributed by atoms with van der Waals surface area (Å²) < 4.78 is 0. The van der Waals surface area contributed by atoms with Crippen molar-refractivity contribution in [2.24, 2.45) is 0 Å². The minimum absolute atomic E-state index is 0. The van der Waals surface area contributed by atoms with Crippen molar-refractivity contribution >= 4 is 39.7 Å². The van der Waals surface area contributed by atoms with Gasteiger partial charge in [0.2, 0.25) is 0 Å².